The van der Waals surface area contributed by atoms with Crippen molar-refractivity contribution in [1.82, 2.24) is 0 Å². The molecule has 3 aliphatic heterocycles. The Bertz CT molecular complexity index is 907. The Morgan fingerprint density at radius 2 is 0.758 bits per heavy atom. The summed E-state index contributed by atoms with van der Waals surface area (Å²) in [5, 5.41) is 0. The molecule has 0 aromatic heterocycles. The summed E-state index contributed by atoms with van der Waals surface area (Å²) in [6, 6.07) is 0. The lowest BCUT2D eigenvalue weighted by atomic mass is 9.84. The van der Waals surface area contributed by atoms with Gasteiger partial charge in [-0.1, -0.05) is 0 Å². The van der Waals surface area contributed by atoms with Gasteiger partial charge in [0.2, 0.25) is 0 Å². The number of nitrogens with zero attached hydrogens (tertiary/aromatic N) is 3. The fraction of sp³-hybridized carbons (Fsp3) is 0.667. The van der Waals surface area contributed by atoms with Crippen LogP contribution in [0.5, 0.6) is 0 Å². The molecule has 0 amide bonds. The molecule has 6 heteroatoms. The highest BCUT2D eigenvalue weighted by atomic mass is 16.5. The molecule has 0 N–H and O–H groups in total. The minimum atomic E-state index is -0.163. The maximum absolute atomic E-state index is 5.97. The second-order valence-electron chi connectivity index (χ2n) is 11.7. The summed E-state index contributed by atoms with van der Waals surface area (Å²) < 4.78 is 17.9. The Hall–Kier alpha value is -2.37. The summed E-state index contributed by atoms with van der Waals surface area (Å²) in [5.74, 6) is 2.45. The van der Waals surface area contributed by atoms with Crippen molar-refractivity contribution in [2.24, 2.45) is 15.0 Å². The number of benzene rings is 1. The fourth-order valence-electron chi connectivity index (χ4n) is 4.90. The average Bonchev–Trinajstić information content (AvgIpc) is 3.35. The second-order valence-corrected chi connectivity index (χ2v) is 11.7. The van der Waals surface area contributed by atoms with Crippen LogP contribution in [-0.4, -0.2) is 54.1 Å². The summed E-state index contributed by atoms with van der Waals surface area (Å²) in [4.78, 5) is 14.5. The molecule has 4 rings (SSSR count). The molecular formula is C27H39N3O3. The van der Waals surface area contributed by atoms with Crippen LogP contribution in [0.1, 0.15) is 74.9 Å². The van der Waals surface area contributed by atoms with Crippen LogP contribution < -0.4 is 0 Å². The van der Waals surface area contributed by atoms with Crippen LogP contribution in [0.3, 0.4) is 0 Å². The zero-order valence-corrected chi connectivity index (χ0v) is 21.8. The molecule has 0 aliphatic carbocycles. The summed E-state index contributed by atoms with van der Waals surface area (Å²) >= 11 is 0. The molecule has 0 bridgehead atoms. The van der Waals surface area contributed by atoms with Crippen LogP contribution in [0.25, 0.3) is 0 Å². The number of hydrogen-bond acceptors (Lipinski definition) is 6. The highest BCUT2D eigenvalue weighted by molar-refractivity contribution is 5.86. The van der Waals surface area contributed by atoms with E-state index in [1.54, 1.807) is 0 Å². The SMILES string of the molecule is Cc1c(CC2=NC(C)(C)CO2)c(C)c(CC2=NC(C)(C)CO2)c(C)c1CC1=NC(C)(C)CO1. The monoisotopic (exact) mass is 453 g/mol. The normalized spacial score (nSPS) is 22.3. The molecule has 1 aromatic rings. The third-order valence-corrected chi connectivity index (χ3v) is 6.76. The highest BCUT2D eigenvalue weighted by Gasteiger charge is 2.31. The van der Waals surface area contributed by atoms with Gasteiger partial charge in [0, 0.05) is 19.3 Å². The third-order valence-electron chi connectivity index (χ3n) is 6.76. The van der Waals surface area contributed by atoms with E-state index in [0.29, 0.717) is 39.1 Å². The van der Waals surface area contributed by atoms with Crippen molar-refractivity contribution in [2.45, 2.75) is 98.2 Å². The van der Waals surface area contributed by atoms with Crippen molar-refractivity contribution < 1.29 is 14.2 Å². The molecule has 180 valence electrons. The lowest BCUT2D eigenvalue weighted by molar-refractivity contribution is 0.274. The van der Waals surface area contributed by atoms with Crippen molar-refractivity contribution in [1.29, 1.82) is 0 Å². The Balaban J connectivity index is 1.76. The maximum atomic E-state index is 5.97. The van der Waals surface area contributed by atoms with Crippen molar-refractivity contribution in [3.05, 3.63) is 33.4 Å². The molecule has 0 radical (unpaired) electrons. The van der Waals surface area contributed by atoms with E-state index in [-0.39, 0.29) is 16.6 Å². The minimum absolute atomic E-state index is 0.163. The smallest absolute Gasteiger partial charge is 0.188 e. The van der Waals surface area contributed by atoms with Crippen LogP contribution in [0, 0.1) is 20.8 Å². The summed E-state index contributed by atoms with van der Waals surface area (Å²) in [6.45, 7) is 21.2. The number of aliphatic imine (C=N–C) groups is 3. The Labute approximate surface area is 198 Å². The molecule has 1 aromatic carbocycles. The molecule has 6 nitrogen and oxygen atoms in total. The van der Waals surface area contributed by atoms with Gasteiger partial charge in [-0.05, 0) is 95.7 Å². The zero-order valence-electron chi connectivity index (χ0n) is 21.8. The summed E-state index contributed by atoms with van der Waals surface area (Å²) in [6.07, 6.45) is 2.08. The highest BCUT2D eigenvalue weighted by Crippen LogP contribution is 2.32. The number of ether oxygens (including phenoxy) is 3. The first-order valence-electron chi connectivity index (χ1n) is 12.0. The molecule has 3 heterocycles. The van der Waals surface area contributed by atoms with Gasteiger partial charge in [-0.3, -0.25) is 0 Å². The van der Waals surface area contributed by atoms with Gasteiger partial charge in [0.05, 0.1) is 16.6 Å². The Morgan fingerprint density at radius 1 is 0.515 bits per heavy atom. The van der Waals surface area contributed by atoms with E-state index >= 15 is 0 Å². The van der Waals surface area contributed by atoms with E-state index < -0.39 is 0 Å². The number of rotatable bonds is 6. The van der Waals surface area contributed by atoms with Gasteiger partial charge >= 0.3 is 0 Å². The van der Waals surface area contributed by atoms with Gasteiger partial charge in [0.25, 0.3) is 0 Å². The largest absolute Gasteiger partial charge is 0.478 e. The van der Waals surface area contributed by atoms with Gasteiger partial charge in [0.1, 0.15) is 19.8 Å². The van der Waals surface area contributed by atoms with Gasteiger partial charge in [-0.15, -0.1) is 0 Å². The molecule has 0 spiro atoms. The van der Waals surface area contributed by atoms with Crippen LogP contribution in [0.4, 0.5) is 0 Å². The van der Waals surface area contributed by atoms with E-state index in [1.807, 2.05) is 0 Å². The maximum Gasteiger partial charge on any atom is 0.188 e. The predicted octanol–water partition coefficient (Wildman–Crippen LogP) is 4.86. The lowest BCUT2D eigenvalue weighted by Crippen LogP contribution is -2.17. The number of hydrogen-bond donors (Lipinski definition) is 0. The fourth-order valence-corrected chi connectivity index (χ4v) is 4.90. The van der Waals surface area contributed by atoms with Crippen molar-refractivity contribution in [2.75, 3.05) is 19.8 Å². The van der Waals surface area contributed by atoms with Crippen LogP contribution in [0.2, 0.25) is 0 Å². The molecule has 0 atom stereocenters. The van der Waals surface area contributed by atoms with Gasteiger partial charge < -0.3 is 14.2 Å². The summed E-state index contributed by atoms with van der Waals surface area (Å²) in [7, 11) is 0. The third kappa shape index (κ3) is 5.10. The summed E-state index contributed by atoms with van der Waals surface area (Å²) in [5.41, 5.74) is 7.16. The van der Waals surface area contributed by atoms with E-state index in [2.05, 4.69) is 62.3 Å². The van der Waals surface area contributed by atoms with Gasteiger partial charge in [0.15, 0.2) is 17.7 Å². The van der Waals surface area contributed by atoms with E-state index in [0.717, 1.165) is 17.7 Å². The standard InChI is InChI=1S/C27H39N3O3/c1-16-19(10-22-28-25(4,5)13-31-22)17(2)21(12-24-30-27(8,9)15-33-24)18(3)20(16)11-23-29-26(6,7)14-32-23/h10-15H2,1-9H3. The van der Waals surface area contributed by atoms with Gasteiger partial charge in [-0.25, -0.2) is 15.0 Å². The molecule has 3 aliphatic rings. The average molecular weight is 454 g/mol. The molecular weight excluding hydrogens is 414 g/mol. The topological polar surface area (TPSA) is 64.8 Å². The molecule has 0 saturated heterocycles. The first-order chi connectivity index (χ1) is 15.3. The van der Waals surface area contributed by atoms with Crippen molar-refractivity contribution in [3.63, 3.8) is 0 Å². The van der Waals surface area contributed by atoms with Crippen molar-refractivity contribution >= 4 is 17.7 Å². The Kier molecular flexibility index (Phi) is 5.86. The second kappa shape index (κ2) is 8.14. The predicted molar refractivity (Wildman–Crippen MR) is 134 cm³/mol. The van der Waals surface area contributed by atoms with Crippen LogP contribution in [-0.2, 0) is 33.5 Å². The Morgan fingerprint density at radius 3 is 0.939 bits per heavy atom. The quantitative estimate of drug-likeness (QED) is 0.618. The van der Waals surface area contributed by atoms with Crippen LogP contribution in [0.15, 0.2) is 15.0 Å². The van der Waals surface area contributed by atoms with Crippen molar-refractivity contribution in [3.8, 4) is 0 Å². The first-order valence-corrected chi connectivity index (χ1v) is 12.0. The van der Waals surface area contributed by atoms with E-state index in [9.17, 15) is 0 Å². The lowest BCUT2D eigenvalue weighted by Gasteiger charge is -2.22. The van der Waals surface area contributed by atoms with Gasteiger partial charge in [-0.2, -0.15) is 0 Å². The van der Waals surface area contributed by atoms with E-state index in [4.69, 9.17) is 29.2 Å². The molecule has 33 heavy (non-hydrogen) atoms. The first kappa shape index (κ1) is 23.8. The molecule has 0 fully saturated rings. The minimum Gasteiger partial charge on any atom is -0.478 e. The van der Waals surface area contributed by atoms with Crippen LogP contribution >= 0.6 is 0 Å². The van der Waals surface area contributed by atoms with E-state index in [1.165, 1.54) is 33.4 Å². The molecule has 0 unspecified atom stereocenters. The molecule has 0 saturated carbocycles. The zero-order chi connectivity index (χ0) is 24.2.